The first-order chi connectivity index (χ1) is 17.7. The summed E-state index contributed by atoms with van der Waals surface area (Å²) in [4.78, 5) is 15.5. The third-order valence-electron chi connectivity index (χ3n) is 7.27. The quantitative estimate of drug-likeness (QED) is 0.400. The van der Waals surface area contributed by atoms with E-state index in [0.717, 1.165) is 27.5 Å². The highest BCUT2D eigenvalue weighted by Gasteiger charge is 2.32. The number of nitrogens with one attached hydrogen (secondary N) is 1. The van der Waals surface area contributed by atoms with Gasteiger partial charge in [-0.1, -0.05) is 24.3 Å². The maximum absolute atomic E-state index is 13.2. The van der Waals surface area contributed by atoms with E-state index >= 15 is 0 Å². The molecule has 0 bridgehead atoms. The first-order valence-electron chi connectivity index (χ1n) is 12.3. The molecule has 0 saturated carbocycles. The normalized spacial score (nSPS) is 16.2. The van der Waals surface area contributed by atoms with Gasteiger partial charge in [0.05, 0.1) is 23.7 Å². The third-order valence-corrected chi connectivity index (χ3v) is 9.17. The van der Waals surface area contributed by atoms with Gasteiger partial charge in [-0.3, -0.25) is 9.69 Å². The summed E-state index contributed by atoms with van der Waals surface area (Å²) in [5.41, 5.74) is 3.96. The molecule has 37 heavy (non-hydrogen) atoms. The fourth-order valence-electron chi connectivity index (χ4n) is 4.78. The predicted octanol–water partition coefficient (Wildman–Crippen LogP) is 4.54. The number of anilines is 1. The molecule has 1 amide bonds. The number of methoxy groups -OCH3 is 1. The van der Waals surface area contributed by atoms with Gasteiger partial charge in [-0.05, 0) is 56.2 Å². The average molecular weight is 522 g/mol. The van der Waals surface area contributed by atoms with Crippen molar-refractivity contribution in [3.05, 3.63) is 65.7 Å². The molecule has 1 aliphatic heterocycles. The second-order valence-electron chi connectivity index (χ2n) is 9.50. The Kier molecular flexibility index (Phi) is 6.70. The Bertz CT molecular complexity index is 1590. The first-order valence-corrected chi connectivity index (χ1v) is 13.7. The summed E-state index contributed by atoms with van der Waals surface area (Å²) in [6, 6.07) is 16.2. The highest BCUT2D eigenvalue weighted by Crippen LogP contribution is 2.36. The minimum atomic E-state index is -3.58. The van der Waals surface area contributed by atoms with Gasteiger partial charge in [0.15, 0.2) is 0 Å². The van der Waals surface area contributed by atoms with Crippen LogP contribution in [-0.2, 0) is 14.8 Å². The number of carbonyl (C=O) groups is 1. The maximum atomic E-state index is 13.2. The van der Waals surface area contributed by atoms with Gasteiger partial charge in [0.2, 0.25) is 15.9 Å². The minimum Gasteiger partial charge on any atom is -0.495 e. The first kappa shape index (κ1) is 25.3. The van der Waals surface area contributed by atoms with Crippen LogP contribution < -0.4 is 10.1 Å². The summed E-state index contributed by atoms with van der Waals surface area (Å²) in [6.45, 7) is 7.25. The fraction of sp³-hybridized carbons (Fsp3) is 0.321. The summed E-state index contributed by atoms with van der Waals surface area (Å²) >= 11 is 0. The number of hydrogen-bond acceptors (Lipinski definition) is 6. The molecule has 8 nitrogen and oxygen atoms in total. The number of furan rings is 1. The van der Waals surface area contributed by atoms with Gasteiger partial charge in [-0.2, -0.15) is 4.31 Å². The van der Waals surface area contributed by atoms with E-state index in [-0.39, 0.29) is 5.91 Å². The number of piperazine rings is 1. The second kappa shape index (κ2) is 9.81. The maximum Gasteiger partial charge on any atom is 0.243 e. The fourth-order valence-corrected chi connectivity index (χ4v) is 6.28. The number of sulfonamides is 1. The van der Waals surface area contributed by atoms with E-state index in [2.05, 4.69) is 5.32 Å². The van der Waals surface area contributed by atoms with Crippen LogP contribution in [0.2, 0.25) is 0 Å². The van der Waals surface area contributed by atoms with E-state index in [4.69, 9.17) is 9.15 Å². The summed E-state index contributed by atoms with van der Waals surface area (Å²) in [7, 11) is -2.01. The van der Waals surface area contributed by atoms with E-state index < -0.39 is 16.1 Å². The number of amides is 1. The SMILES string of the molecule is COc1cc2c(cc1NC(=O)[C@H](C)N1CCN(S(=O)(=O)c3ccc(C)c(C)c3)CC1)oc1ccccc12. The minimum absolute atomic E-state index is 0.195. The highest BCUT2D eigenvalue weighted by atomic mass is 32.2. The molecule has 1 saturated heterocycles. The van der Waals surface area contributed by atoms with Crippen LogP contribution >= 0.6 is 0 Å². The molecule has 0 aliphatic carbocycles. The van der Waals surface area contributed by atoms with E-state index in [0.29, 0.717) is 48.1 Å². The Labute approximate surface area is 216 Å². The Morgan fingerprint density at radius 2 is 1.68 bits per heavy atom. The molecule has 1 fully saturated rings. The summed E-state index contributed by atoms with van der Waals surface area (Å²) < 4.78 is 39.3. The summed E-state index contributed by atoms with van der Waals surface area (Å²) in [5, 5.41) is 4.87. The van der Waals surface area contributed by atoms with E-state index in [1.54, 1.807) is 25.3 Å². The zero-order valence-electron chi connectivity index (χ0n) is 21.4. The van der Waals surface area contributed by atoms with Crippen molar-refractivity contribution in [3.63, 3.8) is 0 Å². The lowest BCUT2D eigenvalue weighted by Crippen LogP contribution is -2.53. The van der Waals surface area contributed by atoms with Crippen LogP contribution in [0.1, 0.15) is 18.1 Å². The molecule has 1 atom stereocenters. The van der Waals surface area contributed by atoms with Crippen LogP contribution in [0.15, 0.2) is 63.9 Å². The molecule has 0 radical (unpaired) electrons. The van der Waals surface area contributed by atoms with Gasteiger partial charge < -0.3 is 14.5 Å². The van der Waals surface area contributed by atoms with Crippen molar-refractivity contribution < 1.29 is 22.4 Å². The Balaban J connectivity index is 1.28. The van der Waals surface area contributed by atoms with E-state index in [1.807, 2.05) is 62.1 Å². The zero-order chi connectivity index (χ0) is 26.3. The molecule has 2 heterocycles. The van der Waals surface area contributed by atoms with Gasteiger partial charge in [0.1, 0.15) is 16.9 Å². The van der Waals surface area contributed by atoms with Gasteiger partial charge in [-0.15, -0.1) is 0 Å². The van der Waals surface area contributed by atoms with Gasteiger partial charge >= 0.3 is 0 Å². The summed E-state index contributed by atoms with van der Waals surface area (Å²) in [5.74, 6) is 0.350. The number of ether oxygens (including phenoxy) is 1. The molecular weight excluding hydrogens is 490 g/mol. The number of benzene rings is 3. The lowest BCUT2D eigenvalue weighted by atomic mass is 10.1. The Hall–Kier alpha value is -3.40. The van der Waals surface area contributed by atoms with Crippen molar-refractivity contribution in [1.29, 1.82) is 0 Å². The van der Waals surface area contributed by atoms with Crippen LogP contribution in [0, 0.1) is 13.8 Å². The third kappa shape index (κ3) is 4.70. The molecule has 0 unspecified atom stereocenters. The monoisotopic (exact) mass is 521 g/mol. The van der Waals surface area contributed by atoms with Crippen molar-refractivity contribution in [3.8, 4) is 5.75 Å². The van der Waals surface area contributed by atoms with Gasteiger partial charge in [-0.25, -0.2) is 8.42 Å². The van der Waals surface area contributed by atoms with Gasteiger partial charge in [0.25, 0.3) is 0 Å². The number of fused-ring (bicyclic) bond motifs is 3. The van der Waals surface area contributed by atoms with Crippen molar-refractivity contribution >= 4 is 43.6 Å². The number of carbonyl (C=O) groups excluding carboxylic acids is 1. The Morgan fingerprint density at radius 1 is 0.946 bits per heavy atom. The number of hydrogen-bond donors (Lipinski definition) is 1. The topological polar surface area (TPSA) is 92.1 Å². The molecule has 1 aromatic heterocycles. The van der Waals surface area contributed by atoms with Crippen molar-refractivity contribution in [1.82, 2.24) is 9.21 Å². The van der Waals surface area contributed by atoms with Crippen molar-refractivity contribution in [2.24, 2.45) is 0 Å². The van der Waals surface area contributed by atoms with Crippen LogP contribution in [0.4, 0.5) is 5.69 Å². The highest BCUT2D eigenvalue weighted by molar-refractivity contribution is 7.89. The number of para-hydroxylation sites is 1. The molecule has 4 aromatic rings. The second-order valence-corrected chi connectivity index (χ2v) is 11.4. The van der Waals surface area contributed by atoms with Crippen LogP contribution in [0.5, 0.6) is 5.75 Å². The molecule has 194 valence electrons. The zero-order valence-corrected chi connectivity index (χ0v) is 22.3. The molecule has 0 spiro atoms. The van der Waals surface area contributed by atoms with E-state index in [1.165, 1.54) is 4.31 Å². The lowest BCUT2D eigenvalue weighted by Gasteiger charge is -2.36. The molecule has 1 N–H and O–H groups in total. The van der Waals surface area contributed by atoms with Gasteiger partial charge in [0, 0.05) is 43.0 Å². The largest absolute Gasteiger partial charge is 0.495 e. The molecule has 1 aliphatic rings. The predicted molar refractivity (Wildman–Crippen MR) is 145 cm³/mol. The lowest BCUT2D eigenvalue weighted by molar-refractivity contribution is -0.121. The van der Waals surface area contributed by atoms with Crippen LogP contribution in [-0.4, -0.2) is 62.9 Å². The van der Waals surface area contributed by atoms with Crippen LogP contribution in [0.25, 0.3) is 21.9 Å². The Morgan fingerprint density at radius 3 is 2.38 bits per heavy atom. The van der Waals surface area contributed by atoms with Crippen LogP contribution in [0.3, 0.4) is 0 Å². The molecule has 3 aromatic carbocycles. The number of nitrogens with zero attached hydrogens (tertiary/aromatic N) is 2. The number of rotatable bonds is 6. The van der Waals surface area contributed by atoms with Crippen molar-refractivity contribution in [2.45, 2.75) is 31.7 Å². The smallest absolute Gasteiger partial charge is 0.243 e. The number of aryl methyl sites for hydroxylation is 2. The molecule has 5 rings (SSSR count). The molecular formula is C28H31N3O5S. The van der Waals surface area contributed by atoms with Crippen molar-refractivity contribution in [2.75, 3.05) is 38.6 Å². The summed E-state index contributed by atoms with van der Waals surface area (Å²) in [6.07, 6.45) is 0. The average Bonchev–Trinajstić information content (AvgIpc) is 3.26. The molecule has 9 heteroatoms. The van der Waals surface area contributed by atoms with E-state index in [9.17, 15) is 13.2 Å². The standard InChI is InChI=1S/C28H31N3O5S/c1-18-9-10-21(15-19(18)2)37(33,34)31-13-11-30(12-14-31)20(3)28(32)29-24-17-26-23(16-27(24)35-4)22-7-5-6-8-25(22)36-26/h5-10,15-17,20H,11-14H2,1-4H3,(H,29,32)/t20-/m0/s1.